The van der Waals surface area contributed by atoms with E-state index in [4.69, 9.17) is 0 Å². The highest BCUT2D eigenvalue weighted by molar-refractivity contribution is 6.02. The van der Waals surface area contributed by atoms with Gasteiger partial charge in [-0.25, -0.2) is 0 Å². The minimum Gasteiger partial charge on any atom is -0.339 e. The van der Waals surface area contributed by atoms with Gasteiger partial charge in [-0.1, -0.05) is 36.4 Å². The Hall–Kier alpha value is -2.62. The number of amides is 2. The highest BCUT2D eigenvalue weighted by Crippen LogP contribution is 2.48. The van der Waals surface area contributed by atoms with Crippen LogP contribution in [0.25, 0.3) is 0 Å². The molecule has 0 heterocycles. The summed E-state index contributed by atoms with van der Waals surface area (Å²) in [5.41, 5.74) is 1.92. The summed E-state index contributed by atoms with van der Waals surface area (Å²) in [7, 11) is 0. The van der Waals surface area contributed by atoms with Gasteiger partial charge in [-0.2, -0.15) is 0 Å². The van der Waals surface area contributed by atoms with Gasteiger partial charge in [0.05, 0.1) is 5.41 Å². The molecule has 3 rings (SSSR count). The van der Waals surface area contributed by atoms with Crippen molar-refractivity contribution in [3.8, 4) is 0 Å². The summed E-state index contributed by atoms with van der Waals surface area (Å²) < 4.78 is 0. The van der Waals surface area contributed by atoms with Crippen LogP contribution in [0.5, 0.6) is 0 Å². The van der Waals surface area contributed by atoms with Gasteiger partial charge in [0.1, 0.15) is 0 Å². The highest BCUT2D eigenvalue weighted by atomic mass is 16.2. The molecule has 2 amide bonds. The van der Waals surface area contributed by atoms with E-state index in [2.05, 4.69) is 5.32 Å². The second kappa shape index (κ2) is 7.09. The van der Waals surface area contributed by atoms with Gasteiger partial charge in [-0.3, -0.25) is 9.59 Å². The Morgan fingerprint density at radius 1 is 1.00 bits per heavy atom. The van der Waals surface area contributed by atoms with Gasteiger partial charge in [0.2, 0.25) is 5.91 Å². The van der Waals surface area contributed by atoms with Gasteiger partial charge in [-0.15, -0.1) is 0 Å². The Labute approximate surface area is 148 Å². The van der Waals surface area contributed by atoms with Crippen LogP contribution in [0.15, 0.2) is 54.6 Å². The van der Waals surface area contributed by atoms with Gasteiger partial charge < -0.3 is 10.2 Å². The lowest BCUT2D eigenvalue weighted by Crippen LogP contribution is -2.31. The molecule has 1 aliphatic rings. The van der Waals surface area contributed by atoms with Crippen molar-refractivity contribution in [3.63, 3.8) is 0 Å². The van der Waals surface area contributed by atoms with Crippen LogP contribution in [0.1, 0.15) is 42.6 Å². The van der Waals surface area contributed by atoms with Crippen LogP contribution in [0.3, 0.4) is 0 Å². The molecule has 25 heavy (non-hydrogen) atoms. The number of hydrogen-bond acceptors (Lipinski definition) is 2. The highest BCUT2D eigenvalue weighted by Gasteiger charge is 2.51. The predicted octanol–water partition coefficient (Wildman–Crippen LogP) is 3.84. The fraction of sp³-hybridized carbons (Fsp3) is 0.333. The molecule has 0 unspecified atom stereocenters. The Morgan fingerprint density at radius 2 is 1.68 bits per heavy atom. The topological polar surface area (TPSA) is 49.4 Å². The maximum Gasteiger partial charge on any atom is 0.253 e. The zero-order valence-corrected chi connectivity index (χ0v) is 14.8. The number of carbonyl (C=O) groups excluding carboxylic acids is 2. The van der Waals surface area contributed by atoms with E-state index in [1.807, 2.05) is 56.3 Å². The van der Waals surface area contributed by atoms with E-state index in [9.17, 15) is 9.59 Å². The molecule has 0 bridgehead atoms. The molecule has 0 saturated heterocycles. The molecule has 0 aliphatic heterocycles. The van der Waals surface area contributed by atoms with Crippen molar-refractivity contribution < 1.29 is 9.59 Å². The average molecular weight is 336 g/mol. The summed E-state index contributed by atoms with van der Waals surface area (Å²) in [6, 6.07) is 17.1. The third-order valence-electron chi connectivity index (χ3n) is 4.93. The van der Waals surface area contributed by atoms with Crippen LogP contribution in [-0.2, 0) is 10.2 Å². The van der Waals surface area contributed by atoms with E-state index >= 15 is 0 Å². The van der Waals surface area contributed by atoms with E-state index < -0.39 is 5.41 Å². The summed E-state index contributed by atoms with van der Waals surface area (Å²) in [4.78, 5) is 27.1. The Kier molecular flexibility index (Phi) is 4.88. The first-order valence-corrected chi connectivity index (χ1v) is 8.87. The Bertz CT molecular complexity index is 762. The van der Waals surface area contributed by atoms with Crippen LogP contribution in [0.4, 0.5) is 5.69 Å². The van der Waals surface area contributed by atoms with Crippen molar-refractivity contribution in [1.29, 1.82) is 0 Å². The van der Waals surface area contributed by atoms with E-state index in [1.165, 1.54) is 0 Å². The minimum absolute atomic E-state index is 0.00568. The fourth-order valence-electron chi connectivity index (χ4n) is 3.20. The third-order valence-corrected chi connectivity index (χ3v) is 4.93. The second-order valence-electron chi connectivity index (χ2n) is 6.46. The fourth-order valence-corrected chi connectivity index (χ4v) is 3.20. The molecule has 4 nitrogen and oxygen atoms in total. The Morgan fingerprint density at radius 3 is 2.28 bits per heavy atom. The van der Waals surface area contributed by atoms with Crippen LogP contribution >= 0.6 is 0 Å². The predicted molar refractivity (Wildman–Crippen MR) is 99.7 cm³/mol. The first-order valence-electron chi connectivity index (χ1n) is 8.87. The van der Waals surface area contributed by atoms with E-state index in [1.54, 1.807) is 17.0 Å². The zero-order valence-electron chi connectivity index (χ0n) is 14.8. The van der Waals surface area contributed by atoms with Gasteiger partial charge >= 0.3 is 0 Å². The molecule has 1 N–H and O–H groups in total. The molecule has 1 aliphatic carbocycles. The number of hydrogen-bond donors (Lipinski definition) is 1. The summed E-state index contributed by atoms with van der Waals surface area (Å²) in [5, 5.41) is 3.00. The lowest BCUT2D eigenvalue weighted by atomic mass is 9.95. The monoisotopic (exact) mass is 336 g/mol. The third kappa shape index (κ3) is 3.43. The van der Waals surface area contributed by atoms with Gasteiger partial charge in [0, 0.05) is 24.3 Å². The maximum atomic E-state index is 12.8. The molecule has 1 fully saturated rings. The largest absolute Gasteiger partial charge is 0.339 e. The summed E-state index contributed by atoms with van der Waals surface area (Å²) >= 11 is 0. The summed E-state index contributed by atoms with van der Waals surface area (Å²) in [5.74, 6) is -0.00330. The number of anilines is 1. The summed E-state index contributed by atoms with van der Waals surface area (Å²) in [6.07, 6.45) is 1.72. The number of rotatable bonds is 6. The Balaban J connectivity index is 1.77. The molecular formula is C21H24N2O2. The van der Waals surface area contributed by atoms with E-state index in [0.29, 0.717) is 24.3 Å². The maximum absolute atomic E-state index is 12.8. The van der Waals surface area contributed by atoms with Crippen molar-refractivity contribution in [2.75, 3.05) is 18.4 Å². The molecule has 4 heteroatoms. The first-order chi connectivity index (χ1) is 12.1. The lowest BCUT2D eigenvalue weighted by molar-refractivity contribution is -0.118. The van der Waals surface area contributed by atoms with Crippen molar-refractivity contribution in [2.45, 2.75) is 32.1 Å². The average Bonchev–Trinajstić information content (AvgIpc) is 3.46. The quantitative estimate of drug-likeness (QED) is 0.871. The number of nitrogens with one attached hydrogen (secondary N) is 1. The summed E-state index contributed by atoms with van der Waals surface area (Å²) in [6.45, 7) is 5.26. The number of nitrogens with zero attached hydrogens (tertiary/aromatic N) is 1. The molecule has 2 aromatic rings. The molecule has 1 saturated carbocycles. The van der Waals surface area contributed by atoms with E-state index in [-0.39, 0.29) is 11.8 Å². The minimum atomic E-state index is -0.417. The van der Waals surface area contributed by atoms with Gasteiger partial charge in [0.25, 0.3) is 5.91 Å². The van der Waals surface area contributed by atoms with Gasteiger partial charge in [-0.05, 0) is 50.5 Å². The van der Waals surface area contributed by atoms with Crippen LogP contribution in [0.2, 0.25) is 0 Å². The normalized spacial score (nSPS) is 14.6. The van der Waals surface area contributed by atoms with E-state index in [0.717, 1.165) is 18.4 Å². The van der Waals surface area contributed by atoms with Crippen LogP contribution < -0.4 is 5.32 Å². The number of benzene rings is 2. The van der Waals surface area contributed by atoms with Crippen molar-refractivity contribution >= 4 is 17.5 Å². The molecule has 0 atom stereocenters. The smallest absolute Gasteiger partial charge is 0.253 e. The molecule has 0 radical (unpaired) electrons. The van der Waals surface area contributed by atoms with Crippen LogP contribution in [0, 0.1) is 0 Å². The van der Waals surface area contributed by atoms with Crippen molar-refractivity contribution in [1.82, 2.24) is 4.90 Å². The molecule has 2 aromatic carbocycles. The molecular weight excluding hydrogens is 312 g/mol. The molecule has 0 spiro atoms. The van der Waals surface area contributed by atoms with Gasteiger partial charge in [0.15, 0.2) is 0 Å². The van der Waals surface area contributed by atoms with Crippen LogP contribution in [-0.4, -0.2) is 29.8 Å². The zero-order chi connectivity index (χ0) is 17.9. The first kappa shape index (κ1) is 17.2. The SMILES string of the molecule is CCN(CC)C(=O)c1cccc(NC(=O)C2(c3ccccc3)CC2)c1. The number of carbonyl (C=O) groups is 2. The molecule has 0 aromatic heterocycles. The van der Waals surface area contributed by atoms with Crippen molar-refractivity contribution in [2.24, 2.45) is 0 Å². The van der Waals surface area contributed by atoms with Crippen molar-refractivity contribution in [3.05, 3.63) is 65.7 Å². The molecule has 130 valence electrons. The lowest BCUT2D eigenvalue weighted by Gasteiger charge is -2.19. The standard InChI is InChI=1S/C21H24N2O2/c1-3-23(4-2)19(24)16-9-8-12-18(15-16)22-20(25)21(13-14-21)17-10-6-5-7-11-17/h5-12,15H,3-4,13-14H2,1-2H3,(H,22,25). The second-order valence-corrected chi connectivity index (χ2v) is 6.46.